The molecule has 0 bridgehead atoms. The molecule has 1 saturated heterocycles. The molecule has 0 aromatic heterocycles. The minimum absolute atomic E-state index is 0.142. The minimum Gasteiger partial charge on any atom is -0.447 e. The number of hydrogen-bond acceptors (Lipinski definition) is 4. The van der Waals surface area contributed by atoms with E-state index in [1.54, 1.807) is 13.0 Å². The zero-order chi connectivity index (χ0) is 22.7. The van der Waals surface area contributed by atoms with Crippen molar-refractivity contribution in [3.05, 3.63) is 11.6 Å². The summed E-state index contributed by atoms with van der Waals surface area (Å²) in [6, 6.07) is -0.227. The second-order valence-corrected chi connectivity index (χ2v) is 9.50. The van der Waals surface area contributed by atoms with Crippen LogP contribution in [0.4, 0.5) is 4.79 Å². The van der Waals surface area contributed by atoms with Crippen LogP contribution in [0.2, 0.25) is 0 Å². The molecule has 0 radical (unpaired) electrons. The largest absolute Gasteiger partial charge is 0.447 e. The summed E-state index contributed by atoms with van der Waals surface area (Å²) in [5.74, 6) is -0.137. The van der Waals surface area contributed by atoms with E-state index < -0.39 is 12.2 Å². The number of unbranched alkanes of at least 4 members (excludes halogenated alkanes) is 7. The van der Waals surface area contributed by atoms with E-state index in [-0.39, 0.29) is 36.3 Å². The SMILES string of the molecule is CCCCCCCCCC[C@H](C)[C@@H](O)[C@@H](C)/C=C(\C)C(=O)N1C(=O)OC[C@@H]1C(C)C. The minimum atomic E-state index is -0.567. The van der Waals surface area contributed by atoms with Crippen molar-refractivity contribution in [3.63, 3.8) is 0 Å². The van der Waals surface area contributed by atoms with Gasteiger partial charge in [0.15, 0.2) is 0 Å². The molecular weight excluding hydrogens is 378 g/mol. The van der Waals surface area contributed by atoms with Crippen LogP contribution < -0.4 is 0 Å². The van der Waals surface area contributed by atoms with Gasteiger partial charge in [-0.15, -0.1) is 0 Å². The van der Waals surface area contributed by atoms with Crippen molar-refractivity contribution in [3.8, 4) is 0 Å². The first-order chi connectivity index (χ1) is 14.2. The molecule has 1 fully saturated rings. The number of aliphatic hydroxyl groups is 1. The average molecular weight is 424 g/mol. The lowest BCUT2D eigenvalue weighted by atomic mass is 9.88. The standard InChI is InChI=1S/C25H45NO4/c1-7-8-9-10-11-12-13-14-15-19(4)23(27)20(5)16-21(6)24(28)26-22(18(2)3)17-30-25(26)29/h16,18-20,22-23,27H,7-15,17H2,1-6H3/b21-16+/t19-,20-,22+,23+/m0/s1. The van der Waals surface area contributed by atoms with Crippen molar-refractivity contribution in [1.82, 2.24) is 4.90 Å². The Balaban J connectivity index is 2.46. The van der Waals surface area contributed by atoms with Gasteiger partial charge in [0.05, 0.1) is 12.1 Å². The maximum atomic E-state index is 12.8. The first-order valence-electron chi connectivity index (χ1n) is 12.1. The number of nitrogens with zero attached hydrogens (tertiary/aromatic N) is 1. The van der Waals surface area contributed by atoms with Crippen molar-refractivity contribution < 1.29 is 19.4 Å². The molecular formula is C25H45NO4. The normalized spacial score (nSPS) is 20.4. The average Bonchev–Trinajstić information content (AvgIpc) is 3.10. The van der Waals surface area contributed by atoms with Crippen molar-refractivity contribution in [2.24, 2.45) is 17.8 Å². The number of ether oxygens (including phenoxy) is 1. The van der Waals surface area contributed by atoms with Gasteiger partial charge in [-0.2, -0.15) is 0 Å². The van der Waals surface area contributed by atoms with Gasteiger partial charge in [-0.25, -0.2) is 9.69 Å². The van der Waals surface area contributed by atoms with Crippen LogP contribution in [-0.4, -0.2) is 40.8 Å². The van der Waals surface area contributed by atoms with E-state index in [0.29, 0.717) is 5.57 Å². The quantitative estimate of drug-likeness (QED) is 0.271. The lowest BCUT2D eigenvalue weighted by Gasteiger charge is -2.25. The van der Waals surface area contributed by atoms with Crippen LogP contribution in [0.3, 0.4) is 0 Å². The summed E-state index contributed by atoms with van der Waals surface area (Å²) in [7, 11) is 0. The molecule has 30 heavy (non-hydrogen) atoms. The second-order valence-electron chi connectivity index (χ2n) is 9.50. The molecule has 0 saturated carbocycles. The fraction of sp³-hybridized carbons (Fsp3) is 0.840. The summed E-state index contributed by atoms with van der Waals surface area (Å²) in [6.07, 6.45) is 12.0. The molecule has 4 atom stereocenters. The highest BCUT2D eigenvalue weighted by molar-refractivity contribution is 6.03. The predicted molar refractivity (Wildman–Crippen MR) is 122 cm³/mol. The van der Waals surface area contributed by atoms with Gasteiger partial charge in [0.2, 0.25) is 0 Å². The maximum Gasteiger partial charge on any atom is 0.417 e. The molecule has 174 valence electrons. The highest BCUT2D eigenvalue weighted by Gasteiger charge is 2.40. The third kappa shape index (κ3) is 8.41. The molecule has 5 heteroatoms. The van der Waals surface area contributed by atoms with Crippen LogP contribution in [0.1, 0.15) is 99.3 Å². The third-order valence-electron chi connectivity index (χ3n) is 6.38. The Morgan fingerprint density at radius 3 is 2.23 bits per heavy atom. The Kier molecular flexibility index (Phi) is 12.3. The number of amides is 2. The van der Waals surface area contributed by atoms with E-state index in [2.05, 4.69) is 13.8 Å². The van der Waals surface area contributed by atoms with E-state index >= 15 is 0 Å². The zero-order valence-corrected chi connectivity index (χ0v) is 20.2. The van der Waals surface area contributed by atoms with Gasteiger partial charge in [-0.05, 0) is 25.2 Å². The number of imide groups is 1. The van der Waals surface area contributed by atoms with E-state index in [9.17, 15) is 14.7 Å². The van der Waals surface area contributed by atoms with Gasteiger partial charge in [-0.1, -0.05) is 92.1 Å². The number of cyclic esters (lactones) is 1. The molecule has 1 aliphatic heterocycles. The van der Waals surface area contributed by atoms with Gasteiger partial charge in [0.1, 0.15) is 6.61 Å². The van der Waals surface area contributed by atoms with Crippen molar-refractivity contribution in [1.29, 1.82) is 0 Å². The molecule has 0 spiro atoms. The fourth-order valence-electron chi connectivity index (χ4n) is 4.20. The van der Waals surface area contributed by atoms with E-state index in [4.69, 9.17) is 4.74 Å². The lowest BCUT2D eigenvalue weighted by Crippen LogP contribution is -2.42. The van der Waals surface area contributed by atoms with Gasteiger partial charge in [-0.3, -0.25) is 4.79 Å². The van der Waals surface area contributed by atoms with Crippen LogP contribution in [0.15, 0.2) is 11.6 Å². The van der Waals surface area contributed by atoms with Crippen LogP contribution in [-0.2, 0) is 9.53 Å². The Morgan fingerprint density at radius 2 is 1.67 bits per heavy atom. The summed E-state index contributed by atoms with van der Waals surface area (Å²) >= 11 is 0. The zero-order valence-electron chi connectivity index (χ0n) is 20.2. The molecule has 1 heterocycles. The number of rotatable bonds is 14. The fourth-order valence-corrected chi connectivity index (χ4v) is 4.20. The topological polar surface area (TPSA) is 66.8 Å². The lowest BCUT2D eigenvalue weighted by molar-refractivity contribution is -0.125. The Morgan fingerprint density at radius 1 is 1.10 bits per heavy atom. The monoisotopic (exact) mass is 423 g/mol. The van der Waals surface area contributed by atoms with Gasteiger partial charge in [0, 0.05) is 11.5 Å². The maximum absolute atomic E-state index is 12.8. The molecule has 2 amide bonds. The highest BCUT2D eigenvalue weighted by atomic mass is 16.6. The first-order valence-corrected chi connectivity index (χ1v) is 12.1. The Labute approximate surface area is 184 Å². The summed E-state index contributed by atoms with van der Waals surface area (Å²) in [6.45, 7) is 12.2. The van der Waals surface area contributed by atoms with Crippen molar-refractivity contribution >= 4 is 12.0 Å². The summed E-state index contributed by atoms with van der Waals surface area (Å²) in [5.41, 5.74) is 0.491. The molecule has 1 rings (SSSR count). The molecule has 0 aromatic carbocycles. The molecule has 0 aliphatic carbocycles. The molecule has 0 unspecified atom stereocenters. The van der Waals surface area contributed by atoms with E-state index in [0.717, 1.165) is 12.8 Å². The summed E-state index contributed by atoms with van der Waals surface area (Å²) in [4.78, 5) is 26.1. The van der Waals surface area contributed by atoms with E-state index in [1.807, 2.05) is 20.8 Å². The predicted octanol–water partition coefficient (Wildman–Crippen LogP) is 6.10. The Hall–Kier alpha value is -1.36. The first kappa shape index (κ1) is 26.7. The molecule has 1 aliphatic rings. The van der Waals surface area contributed by atoms with Crippen LogP contribution in [0, 0.1) is 17.8 Å². The number of aliphatic hydroxyl groups excluding tert-OH is 1. The van der Waals surface area contributed by atoms with Crippen molar-refractivity contribution in [2.45, 2.75) is 111 Å². The van der Waals surface area contributed by atoms with Gasteiger partial charge < -0.3 is 9.84 Å². The molecule has 0 aromatic rings. The summed E-state index contributed by atoms with van der Waals surface area (Å²) in [5, 5.41) is 10.7. The number of carbonyl (C=O) groups is 2. The highest BCUT2D eigenvalue weighted by Crippen LogP contribution is 2.25. The van der Waals surface area contributed by atoms with Gasteiger partial charge >= 0.3 is 6.09 Å². The van der Waals surface area contributed by atoms with Crippen LogP contribution in [0.5, 0.6) is 0 Å². The van der Waals surface area contributed by atoms with E-state index in [1.165, 1.54) is 49.8 Å². The van der Waals surface area contributed by atoms with Crippen LogP contribution >= 0.6 is 0 Å². The van der Waals surface area contributed by atoms with Crippen LogP contribution in [0.25, 0.3) is 0 Å². The van der Waals surface area contributed by atoms with Gasteiger partial charge in [0.25, 0.3) is 5.91 Å². The van der Waals surface area contributed by atoms with Crippen molar-refractivity contribution in [2.75, 3.05) is 6.61 Å². The molecule has 5 nitrogen and oxygen atoms in total. The summed E-state index contributed by atoms with van der Waals surface area (Å²) < 4.78 is 5.08. The smallest absolute Gasteiger partial charge is 0.417 e. The number of carbonyl (C=O) groups excluding carboxylic acids is 2. The third-order valence-corrected chi connectivity index (χ3v) is 6.38. The Bertz CT molecular complexity index is 557. The second kappa shape index (κ2) is 13.8. The molecule has 1 N–H and O–H groups in total. The number of hydrogen-bond donors (Lipinski definition) is 1.